The van der Waals surface area contributed by atoms with Crippen molar-refractivity contribution in [3.63, 3.8) is 0 Å². The average Bonchev–Trinajstić information content (AvgIpc) is 2.76. The van der Waals surface area contributed by atoms with Gasteiger partial charge in [-0.25, -0.2) is 0 Å². The van der Waals surface area contributed by atoms with Gasteiger partial charge in [0.1, 0.15) is 0 Å². The molecule has 2 atom stereocenters. The van der Waals surface area contributed by atoms with Gasteiger partial charge in [0.05, 0.1) is 0 Å². The van der Waals surface area contributed by atoms with Crippen LogP contribution in [0.1, 0.15) is 32.6 Å². The van der Waals surface area contributed by atoms with Crippen LogP contribution in [0.3, 0.4) is 0 Å². The van der Waals surface area contributed by atoms with Gasteiger partial charge in [0.2, 0.25) is 0 Å². The van der Waals surface area contributed by atoms with Gasteiger partial charge in [0.15, 0.2) is 0 Å². The second-order valence-electron chi connectivity index (χ2n) is 4.74. The Morgan fingerprint density at radius 1 is 1.38 bits per heavy atom. The van der Waals surface area contributed by atoms with Crippen molar-refractivity contribution in [1.29, 1.82) is 0 Å². The Hall–Kier alpha value is 0.440. The van der Waals surface area contributed by atoms with Gasteiger partial charge in [0.25, 0.3) is 0 Å². The lowest BCUT2D eigenvalue weighted by molar-refractivity contribution is 0.108. The first kappa shape index (κ1) is 9.97. The van der Waals surface area contributed by atoms with Crippen molar-refractivity contribution in [2.75, 3.05) is 18.5 Å². The van der Waals surface area contributed by atoms with E-state index in [1.54, 1.807) is 0 Å². The van der Waals surface area contributed by atoms with E-state index in [9.17, 15) is 0 Å². The third-order valence-electron chi connectivity index (χ3n) is 3.72. The Kier molecular flexibility index (Phi) is 2.99. The van der Waals surface area contributed by atoms with E-state index in [2.05, 4.69) is 22.9 Å². The van der Waals surface area contributed by atoms with E-state index in [0.29, 0.717) is 5.41 Å². The molecule has 2 unspecified atom stereocenters. The van der Waals surface area contributed by atoms with Crippen molar-refractivity contribution in [3.05, 3.63) is 0 Å². The maximum Gasteiger partial charge on any atom is 0.0471 e. The second-order valence-corrected chi connectivity index (χ2v) is 5.31. The molecule has 76 valence electrons. The molecule has 0 aromatic rings. The molecule has 0 aromatic carbocycles. The van der Waals surface area contributed by atoms with Gasteiger partial charge in [-0.1, -0.05) is 15.9 Å². The molecular weight excluding hydrogens is 228 g/mol. The van der Waals surface area contributed by atoms with Crippen LogP contribution in [0.2, 0.25) is 0 Å². The van der Waals surface area contributed by atoms with Crippen LogP contribution in [-0.2, 0) is 4.74 Å². The Bertz CT molecular complexity index is 171. The quantitative estimate of drug-likeness (QED) is 0.535. The fourth-order valence-electron chi connectivity index (χ4n) is 2.82. The van der Waals surface area contributed by atoms with Gasteiger partial charge < -0.3 is 4.74 Å². The summed E-state index contributed by atoms with van der Waals surface area (Å²) in [7, 11) is 0. The summed E-state index contributed by atoms with van der Waals surface area (Å²) < 4.78 is 5.45. The zero-order valence-electron chi connectivity index (χ0n) is 8.39. The predicted molar refractivity (Wildman–Crippen MR) is 58.2 cm³/mol. The third-order valence-corrected chi connectivity index (χ3v) is 4.91. The van der Waals surface area contributed by atoms with Crippen molar-refractivity contribution < 1.29 is 4.74 Å². The molecule has 2 fully saturated rings. The molecule has 0 bridgehead atoms. The van der Waals surface area contributed by atoms with Crippen molar-refractivity contribution in [2.24, 2.45) is 17.3 Å². The molecule has 0 saturated heterocycles. The summed E-state index contributed by atoms with van der Waals surface area (Å²) in [6, 6.07) is 0. The topological polar surface area (TPSA) is 9.23 Å². The van der Waals surface area contributed by atoms with E-state index < -0.39 is 0 Å². The lowest BCUT2D eigenvalue weighted by atomic mass is 9.82. The standard InChI is InChI=1S/C11H19BrO/c1-2-13-4-3-11(8-12)6-9-5-10(9)7-11/h9-10H,2-8H2,1H3. The van der Waals surface area contributed by atoms with Crippen molar-refractivity contribution in [2.45, 2.75) is 32.6 Å². The summed E-state index contributed by atoms with van der Waals surface area (Å²) in [5.41, 5.74) is 0.600. The number of fused-ring (bicyclic) bond motifs is 1. The summed E-state index contributed by atoms with van der Waals surface area (Å²) in [4.78, 5) is 0. The van der Waals surface area contributed by atoms with Crippen LogP contribution in [0.15, 0.2) is 0 Å². The minimum atomic E-state index is 0.600. The normalized spacial score (nSPS) is 42.0. The fraction of sp³-hybridized carbons (Fsp3) is 1.00. The number of halogens is 1. The van der Waals surface area contributed by atoms with Gasteiger partial charge in [-0.3, -0.25) is 0 Å². The Labute approximate surface area is 89.4 Å². The molecule has 0 spiro atoms. The molecule has 2 heteroatoms. The van der Waals surface area contributed by atoms with Crippen molar-refractivity contribution in [1.82, 2.24) is 0 Å². The zero-order chi connectivity index (χ0) is 9.31. The molecule has 2 aliphatic carbocycles. The Balaban J connectivity index is 1.78. The highest BCUT2D eigenvalue weighted by atomic mass is 79.9. The summed E-state index contributed by atoms with van der Waals surface area (Å²) in [5.74, 6) is 2.17. The minimum absolute atomic E-state index is 0.600. The van der Waals surface area contributed by atoms with E-state index in [4.69, 9.17) is 4.74 Å². The zero-order valence-corrected chi connectivity index (χ0v) is 9.98. The summed E-state index contributed by atoms with van der Waals surface area (Å²) in [5, 5.41) is 1.18. The molecule has 0 N–H and O–H groups in total. The molecular formula is C11H19BrO. The molecule has 2 aliphatic rings. The van der Waals surface area contributed by atoms with Crippen LogP contribution in [0.4, 0.5) is 0 Å². The first-order chi connectivity index (χ1) is 6.29. The van der Waals surface area contributed by atoms with E-state index >= 15 is 0 Å². The third kappa shape index (κ3) is 2.10. The molecule has 1 nitrogen and oxygen atoms in total. The van der Waals surface area contributed by atoms with Crippen molar-refractivity contribution >= 4 is 15.9 Å². The first-order valence-electron chi connectivity index (χ1n) is 5.43. The van der Waals surface area contributed by atoms with Gasteiger partial charge in [0, 0.05) is 18.5 Å². The minimum Gasteiger partial charge on any atom is -0.382 e. The number of alkyl halides is 1. The molecule has 0 heterocycles. The predicted octanol–water partition coefficient (Wildman–Crippen LogP) is 3.22. The molecule has 0 radical (unpaired) electrons. The van der Waals surface area contributed by atoms with E-state index in [1.165, 1.54) is 31.0 Å². The largest absolute Gasteiger partial charge is 0.382 e. The van der Waals surface area contributed by atoms with Gasteiger partial charge >= 0.3 is 0 Å². The van der Waals surface area contributed by atoms with Crippen LogP contribution >= 0.6 is 15.9 Å². The van der Waals surface area contributed by atoms with E-state index in [0.717, 1.165) is 25.0 Å². The maximum absolute atomic E-state index is 5.45. The summed E-state index contributed by atoms with van der Waals surface area (Å²) in [6.45, 7) is 3.90. The SMILES string of the molecule is CCOCCC1(CBr)CC2CC2C1. The summed E-state index contributed by atoms with van der Waals surface area (Å²) >= 11 is 3.68. The molecule has 0 amide bonds. The summed E-state index contributed by atoms with van der Waals surface area (Å²) in [6.07, 6.45) is 5.69. The van der Waals surface area contributed by atoms with Crippen molar-refractivity contribution in [3.8, 4) is 0 Å². The van der Waals surface area contributed by atoms with Crippen LogP contribution in [-0.4, -0.2) is 18.5 Å². The van der Waals surface area contributed by atoms with E-state index in [-0.39, 0.29) is 0 Å². The van der Waals surface area contributed by atoms with Crippen LogP contribution in [0.25, 0.3) is 0 Å². The molecule has 2 rings (SSSR count). The van der Waals surface area contributed by atoms with Crippen LogP contribution in [0.5, 0.6) is 0 Å². The average molecular weight is 247 g/mol. The van der Waals surface area contributed by atoms with Crippen LogP contribution < -0.4 is 0 Å². The molecule has 0 aromatic heterocycles. The highest BCUT2D eigenvalue weighted by Gasteiger charge is 2.52. The monoisotopic (exact) mass is 246 g/mol. The van der Waals surface area contributed by atoms with Gasteiger partial charge in [-0.2, -0.15) is 0 Å². The number of hydrogen-bond acceptors (Lipinski definition) is 1. The second kappa shape index (κ2) is 3.90. The van der Waals surface area contributed by atoms with E-state index in [1.807, 2.05) is 0 Å². The van der Waals surface area contributed by atoms with Crippen LogP contribution in [0, 0.1) is 17.3 Å². The first-order valence-corrected chi connectivity index (χ1v) is 6.55. The molecule has 13 heavy (non-hydrogen) atoms. The van der Waals surface area contributed by atoms with Gasteiger partial charge in [-0.05, 0) is 49.9 Å². The number of ether oxygens (including phenoxy) is 1. The highest BCUT2D eigenvalue weighted by molar-refractivity contribution is 9.09. The number of hydrogen-bond donors (Lipinski definition) is 0. The molecule has 2 saturated carbocycles. The smallest absolute Gasteiger partial charge is 0.0471 e. The highest BCUT2D eigenvalue weighted by Crippen LogP contribution is 2.61. The number of rotatable bonds is 5. The maximum atomic E-state index is 5.45. The fourth-order valence-corrected chi connectivity index (χ4v) is 3.56. The Morgan fingerprint density at radius 2 is 2.08 bits per heavy atom. The lowest BCUT2D eigenvalue weighted by Gasteiger charge is -2.28. The lowest BCUT2D eigenvalue weighted by Crippen LogP contribution is -2.22. The molecule has 0 aliphatic heterocycles. The Morgan fingerprint density at radius 3 is 2.62 bits per heavy atom. The van der Waals surface area contributed by atoms with Gasteiger partial charge in [-0.15, -0.1) is 0 Å².